The molecule has 0 aliphatic heterocycles. The number of rotatable bonds is 5. The highest BCUT2D eigenvalue weighted by Gasteiger charge is 2.04. The van der Waals surface area contributed by atoms with Gasteiger partial charge in [0.2, 0.25) is 6.61 Å². The average Bonchev–Trinajstić information content (AvgIpc) is 2.82. The minimum atomic E-state index is 0.000572. The van der Waals surface area contributed by atoms with Crippen LogP contribution in [0.2, 0.25) is 0 Å². The van der Waals surface area contributed by atoms with Gasteiger partial charge in [-0.25, -0.2) is 0 Å². The van der Waals surface area contributed by atoms with Gasteiger partial charge in [0.25, 0.3) is 0 Å². The molecule has 0 aliphatic rings. The Bertz CT molecular complexity index is 504. The van der Waals surface area contributed by atoms with Gasteiger partial charge in [-0.3, -0.25) is 0 Å². The van der Waals surface area contributed by atoms with Crippen LogP contribution in [-0.4, -0.2) is 16.6 Å². The Hall–Kier alpha value is -1.93. The van der Waals surface area contributed by atoms with Crippen LogP contribution in [0.1, 0.15) is 5.56 Å². The van der Waals surface area contributed by atoms with E-state index in [0.29, 0.717) is 0 Å². The number of nitriles is 1. The van der Waals surface area contributed by atoms with E-state index in [9.17, 15) is 0 Å². The zero-order valence-electron chi connectivity index (χ0n) is 9.11. The molecular formula is C12H11N3OS. The summed E-state index contributed by atoms with van der Waals surface area (Å²) < 4.78 is 0. The molecule has 0 bridgehead atoms. The first-order valence-electron chi connectivity index (χ1n) is 5.11. The third kappa shape index (κ3) is 3.26. The van der Waals surface area contributed by atoms with Gasteiger partial charge in [0.15, 0.2) is 0 Å². The van der Waals surface area contributed by atoms with Gasteiger partial charge >= 0.3 is 0 Å². The Morgan fingerprint density at radius 1 is 1.29 bits per heavy atom. The summed E-state index contributed by atoms with van der Waals surface area (Å²) in [5, 5.41) is 13.3. The molecule has 5 heteroatoms. The maximum Gasteiger partial charge on any atom is 0.202 e. The highest BCUT2D eigenvalue weighted by molar-refractivity contribution is 7.98. The Morgan fingerprint density at radius 2 is 2.12 bits per heavy atom. The molecule has 17 heavy (non-hydrogen) atoms. The largest absolute Gasteiger partial charge is 0.380 e. The Labute approximate surface area is 104 Å². The van der Waals surface area contributed by atoms with E-state index in [2.05, 4.69) is 17.2 Å². The van der Waals surface area contributed by atoms with Crippen molar-refractivity contribution in [1.29, 1.82) is 5.26 Å². The van der Waals surface area contributed by atoms with Gasteiger partial charge in [-0.15, -0.1) is 5.10 Å². The van der Waals surface area contributed by atoms with Gasteiger partial charge in [0, 0.05) is 5.75 Å². The third-order valence-electron chi connectivity index (χ3n) is 2.06. The van der Waals surface area contributed by atoms with E-state index in [-0.39, 0.29) is 6.61 Å². The van der Waals surface area contributed by atoms with Crippen LogP contribution in [-0.2, 0) is 5.75 Å². The van der Waals surface area contributed by atoms with Crippen LogP contribution < -0.4 is 4.84 Å². The number of benzene rings is 1. The fourth-order valence-electron chi connectivity index (χ4n) is 1.30. The van der Waals surface area contributed by atoms with Crippen molar-refractivity contribution in [3.63, 3.8) is 0 Å². The first-order valence-corrected chi connectivity index (χ1v) is 6.09. The molecule has 1 heterocycles. The molecule has 0 saturated heterocycles. The Morgan fingerprint density at radius 3 is 2.88 bits per heavy atom. The number of hydrogen-bond donors (Lipinski definition) is 0. The minimum Gasteiger partial charge on any atom is -0.380 e. The molecule has 4 nitrogen and oxygen atoms in total. The second-order valence-electron chi connectivity index (χ2n) is 3.25. The molecule has 0 N–H and O–H groups in total. The topological polar surface area (TPSA) is 50.8 Å². The van der Waals surface area contributed by atoms with E-state index >= 15 is 0 Å². The van der Waals surface area contributed by atoms with E-state index in [1.165, 1.54) is 10.4 Å². The van der Waals surface area contributed by atoms with Crippen molar-refractivity contribution in [3.8, 4) is 6.07 Å². The molecule has 0 unspecified atom stereocenters. The second kappa shape index (κ2) is 5.97. The zero-order chi connectivity index (χ0) is 11.9. The van der Waals surface area contributed by atoms with Crippen LogP contribution in [0, 0.1) is 11.3 Å². The first kappa shape index (κ1) is 11.6. The lowest BCUT2D eigenvalue weighted by atomic mass is 10.2. The lowest BCUT2D eigenvalue weighted by Gasteiger charge is -2.05. The Kier molecular flexibility index (Phi) is 4.05. The van der Waals surface area contributed by atoms with E-state index in [4.69, 9.17) is 10.1 Å². The van der Waals surface area contributed by atoms with Crippen LogP contribution in [0.3, 0.4) is 0 Å². The summed E-state index contributed by atoms with van der Waals surface area (Å²) in [4.78, 5) is 6.52. The fraction of sp³-hybridized carbons (Fsp3) is 0.167. The quantitative estimate of drug-likeness (QED) is 0.757. The van der Waals surface area contributed by atoms with Gasteiger partial charge in [0.05, 0.1) is 6.20 Å². The molecule has 1 aromatic carbocycles. The second-order valence-corrected chi connectivity index (χ2v) is 4.24. The summed E-state index contributed by atoms with van der Waals surface area (Å²) in [5.74, 6) is 0.850. The summed E-state index contributed by atoms with van der Waals surface area (Å²) in [5.41, 5.74) is 1.24. The molecule has 0 fully saturated rings. The van der Waals surface area contributed by atoms with Gasteiger partial charge in [-0.05, 0) is 11.6 Å². The number of thioether (sulfide) groups is 1. The summed E-state index contributed by atoms with van der Waals surface area (Å²) in [6.45, 7) is 0.000572. The molecule has 86 valence electrons. The maximum absolute atomic E-state index is 8.44. The minimum absolute atomic E-state index is 0.000572. The van der Waals surface area contributed by atoms with E-state index in [1.54, 1.807) is 18.0 Å². The van der Waals surface area contributed by atoms with Crippen molar-refractivity contribution in [3.05, 3.63) is 48.2 Å². The molecule has 0 radical (unpaired) electrons. The maximum atomic E-state index is 8.44. The lowest BCUT2D eigenvalue weighted by Crippen LogP contribution is -2.13. The highest BCUT2D eigenvalue weighted by atomic mass is 32.2. The zero-order valence-corrected chi connectivity index (χ0v) is 9.93. The molecule has 0 saturated carbocycles. The standard InChI is InChI=1S/C12H11N3OS/c13-7-9-16-15-12(6-8-14-15)17-10-11-4-2-1-3-5-11/h1-6,8H,9-10H2. The molecule has 0 amide bonds. The summed E-state index contributed by atoms with van der Waals surface area (Å²) in [6, 6.07) is 13.9. The number of hydrogen-bond acceptors (Lipinski definition) is 4. The summed E-state index contributed by atoms with van der Waals surface area (Å²) >= 11 is 1.62. The van der Waals surface area contributed by atoms with Gasteiger partial charge < -0.3 is 4.84 Å². The summed E-state index contributed by atoms with van der Waals surface area (Å²) in [7, 11) is 0. The van der Waals surface area contributed by atoms with Crippen molar-refractivity contribution in [1.82, 2.24) is 9.94 Å². The molecule has 0 aliphatic carbocycles. The predicted molar refractivity (Wildman–Crippen MR) is 65.3 cm³/mol. The van der Waals surface area contributed by atoms with Crippen LogP contribution in [0.4, 0.5) is 0 Å². The summed E-state index contributed by atoms with van der Waals surface area (Å²) in [6.07, 6.45) is 1.66. The Balaban J connectivity index is 1.95. The predicted octanol–water partition coefficient (Wildman–Crippen LogP) is 2.13. The smallest absolute Gasteiger partial charge is 0.202 e. The normalized spacial score (nSPS) is 9.82. The van der Waals surface area contributed by atoms with Crippen molar-refractivity contribution in [2.45, 2.75) is 10.8 Å². The van der Waals surface area contributed by atoms with Gasteiger partial charge in [0.1, 0.15) is 11.1 Å². The van der Waals surface area contributed by atoms with E-state index < -0.39 is 0 Å². The lowest BCUT2D eigenvalue weighted by molar-refractivity contribution is 0.0883. The molecule has 1 aromatic heterocycles. The van der Waals surface area contributed by atoms with Crippen LogP contribution in [0.5, 0.6) is 0 Å². The van der Waals surface area contributed by atoms with Crippen molar-refractivity contribution < 1.29 is 4.84 Å². The van der Waals surface area contributed by atoms with E-state index in [1.807, 2.05) is 30.3 Å². The van der Waals surface area contributed by atoms with Gasteiger partial charge in [-0.2, -0.15) is 5.26 Å². The number of nitrogens with zero attached hydrogens (tertiary/aromatic N) is 3. The van der Waals surface area contributed by atoms with Crippen LogP contribution >= 0.6 is 11.8 Å². The van der Waals surface area contributed by atoms with Crippen LogP contribution in [0.15, 0.2) is 47.6 Å². The molecule has 0 atom stereocenters. The monoisotopic (exact) mass is 245 g/mol. The van der Waals surface area contributed by atoms with Crippen molar-refractivity contribution in [2.75, 3.05) is 6.61 Å². The fourth-order valence-corrected chi connectivity index (χ4v) is 2.17. The first-order chi connectivity index (χ1) is 8.40. The SMILES string of the molecule is N#CCOn1nccc1SCc1ccccc1. The molecule has 2 aromatic rings. The third-order valence-corrected chi connectivity index (χ3v) is 3.12. The number of aromatic nitrogens is 2. The molecule has 0 spiro atoms. The molecular weight excluding hydrogens is 234 g/mol. The van der Waals surface area contributed by atoms with Crippen molar-refractivity contribution in [2.24, 2.45) is 0 Å². The van der Waals surface area contributed by atoms with Gasteiger partial charge in [-0.1, -0.05) is 46.9 Å². The average molecular weight is 245 g/mol. The van der Waals surface area contributed by atoms with Crippen molar-refractivity contribution >= 4 is 11.8 Å². The van der Waals surface area contributed by atoms with E-state index in [0.717, 1.165) is 10.8 Å². The van der Waals surface area contributed by atoms with Crippen LogP contribution in [0.25, 0.3) is 0 Å². The molecule has 2 rings (SSSR count). The highest BCUT2D eigenvalue weighted by Crippen LogP contribution is 2.21.